The maximum Gasteiger partial charge on any atom is 0.282 e. The molecule has 0 aliphatic carbocycles. The van der Waals surface area contributed by atoms with Crippen molar-refractivity contribution in [3.63, 3.8) is 0 Å². The van der Waals surface area contributed by atoms with E-state index in [-0.39, 0.29) is 6.54 Å². The molecule has 0 spiro atoms. The third-order valence-electron chi connectivity index (χ3n) is 3.19. The number of hydrogen-bond acceptors (Lipinski definition) is 2. The van der Waals surface area contributed by atoms with Crippen LogP contribution in [-0.2, 0) is 0 Å². The van der Waals surface area contributed by atoms with Crippen LogP contribution in [0.1, 0.15) is 12.5 Å². The Labute approximate surface area is 97.4 Å². The number of nitrogens with zero attached hydrogens (tertiary/aromatic N) is 2. The van der Waals surface area contributed by atoms with E-state index in [0.717, 1.165) is 10.9 Å². The SMILES string of the molecule is FC1(F)CNCCC1n1cc2ccccc2n1. The molecule has 90 valence electrons. The lowest BCUT2D eigenvalue weighted by Gasteiger charge is -2.31. The van der Waals surface area contributed by atoms with E-state index in [1.807, 2.05) is 24.3 Å². The van der Waals surface area contributed by atoms with Crippen LogP contribution in [0.3, 0.4) is 0 Å². The molecule has 1 N–H and O–H groups in total. The summed E-state index contributed by atoms with van der Waals surface area (Å²) >= 11 is 0. The molecule has 17 heavy (non-hydrogen) atoms. The number of rotatable bonds is 1. The highest BCUT2D eigenvalue weighted by atomic mass is 19.3. The first kappa shape index (κ1) is 10.7. The molecule has 1 unspecified atom stereocenters. The number of nitrogens with one attached hydrogen (secondary N) is 1. The fraction of sp³-hybridized carbons (Fsp3) is 0.417. The third kappa shape index (κ3) is 1.80. The Kier molecular flexibility index (Phi) is 2.36. The molecule has 1 fully saturated rings. The van der Waals surface area contributed by atoms with Gasteiger partial charge in [0.05, 0.1) is 12.1 Å². The van der Waals surface area contributed by atoms with E-state index in [9.17, 15) is 8.78 Å². The van der Waals surface area contributed by atoms with E-state index in [1.54, 1.807) is 6.20 Å². The van der Waals surface area contributed by atoms with Gasteiger partial charge in [0.2, 0.25) is 0 Å². The maximum absolute atomic E-state index is 13.8. The van der Waals surface area contributed by atoms with Gasteiger partial charge in [-0.3, -0.25) is 4.68 Å². The van der Waals surface area contributed by atoms with Gasteiger partial charge in [0.1, 0.15) is 6.04 Å². The Balaban J connectivity index is 2.02. The normalized spacial score (nSPS) is 24.0. The van der Waals surface area contributed by atoms with Crippen LogP contribution in [0.4, 0.5) is 8.78 Å². The molecule has 0 radical (unpaired) electrons. The van der Waals surface area contributed by atoms with Crippen molar-refractivity contribution in [1.29, 1.82) is 0 Å². The highest BCUT2D eigenvalue weighted by molar-refractivity contribution is 5.77. The third-order valence-corrected chi connectivity index (χ3v) is 3.19. The second kappa shape index (κ2) is 3.77. The number of aromatic nitrogens is 2. The molecular formula is C12H13F2N3. The Morgan fingerprint density at radius 1 is 1.35 bits per heavy atom. The van der Waals surface area contributed by atoms with Crippen molar-refractivity contribution < 1.29 is 8.78 Å². The number of fused-ring (bicyclic) bond motifs is 1. The topological polar surface area (TPSA) is 29.9 Å². The first-order valence-electron chi connectivity index (χ1n) is 5.69. The number of halogens is 2. The van der Waals surface area contributed by atoms with Gasteiger partial charge >= 0.3 is 0 Å². The molecule has 1 aliphatic heterocycles. The zero-order valence-corrected chi connectivity index (χ0v) is 9.24. The van der Waals surface area contributed by atoms with Gasteiger partial charge in [-0.1, -0.05) is 18.2 Å². The average Bonchev–Trinajstić information content (AvgIpc) is 2.71. The molecule has 1 aromatic carbocycles. The van der Waals surface area contributed by atoms with Crippen LogP contribution in [0.5, 0.6) is 0 Å². The zero-order valence-electron chi connectivity index (χ0n) is 9.24. The van der Waals surface area contributed by atoms with Crippen LogP contribution in [-0.4, -0.2) is 28.8 Å². The fourth-order valence-electron chi connectivity index (χ4n) is 2.29. The minimum absolute atomic E-state index is 0.270. The van der Waals surface area contributed by atoms with E-state index in [4.69, 9.17) is 0 Å². The van der Waals surface area contributed by atoms with Gasteiger partial charge in [-0.05, 0) is 19.0 Å². The Hall–Kier alpha value is -1.49. The summed E-state index contributed by atoms with van der Waals surface area (Å²) in [5.41, 5.74) is 0.766. The molecule has 1 atom stereocenters. The molecule has 0 bridgehead atoms. The quantitative estimate of drug-likeness (QED) is 0.824. The van der Waals surface area contributed by atoms with Crippen LogP contribution in [0, 0.1) is 0 Å². The van der Waals surface area contributed by atoms with Crippen LogP contribution in [0.2, 0.25) is 0 Å². The molecule has 2 heterocycles. The number of alkyl halides is 2. The molecule has 0 amide bonds. The summed E-state index contributed by atoms with van der Waals surface area (Å²) < 4.78 is 28.9. The summed E-state index contributed by atoms with van der Waals surface area (Å²) in [7, 11) is 0. The molecule has 3 nitrogen and oxygen atoms in total. The lowest BCUT2D eigenvalue weighted by molar-refractivity contribution is -0.0695. The van der Waals surface area contributed by atoms with Crippen molar-refractivity contribution in [3.05, 3.63) is 30.5 Å². The van der Waals surface area contributed by atoms with Gasteiger partial charge in [-0.25, -0.2) is 8.78 Å². The summed E-state index contributed by atoms with van der Waals surface area (Å²) in [6.07, 6.45) is 2.11. The van der Waals surface area contributed by atoms with Crippen LogP contribution in [0.25, 0.3) is 10.9 Å². The van der Waals surface area contributed by atoms with Gasteiger partial charge in [0, 0.05) is 11.6 Å². The molecule has 3 rings (SSSR count). The summed E-state index contributed by atoms with van der Waals surface area (Å²) in [6.45, 7) is 0.338. The smallest absolute Gasteiger partial charge is 0.282 e. The van der Waals surface area contributed by atoms with Gasteiger partial charge in [0.15, 0.2) is 0 Å². The van der Waals surface area contributed by atoms with E-state index in [1.165, 1.54) is 4.68 Å². The number of hydrogen-bond donors (Lipinski definition) is 1. The van der Waals surface area contributed by atoms with Crippen molar-refractivity contribution in [2.45, 2.75) is 18.4 Å². The first-order valence-corrected chi connectivity index (χ1v) is 5.69. The highest BCUT2D eigenvalue weighted by Gasteiger charge is 2.43. The molecule has 1 aromatic heterocycles. The lowest BCUT2D eigenvalue weighted by atomic mass is 10.0. The zero-order chi connectivity index (χ0) is 11.9. The van der Waals surface area contributed by atoms with E-state index < -0.39 is 12.0 Å². The molecule has 1 saturated heterocycles. The second-order valence-corrected chi connectivity index (χ2v) is 4.41. The highest BCUT2D eigenvalue weighted by Crippen LogP contribution is 2.33. The van der Waals surface area contributed by atoms with Crippen molar-refractivity contribution in [2.75, 3.05) is 13.1 Å². The Morgan fingerprint density at radius 3 is 2.94 bits per heavy atom. The number of benzene rings is 1. The van der Waals surface area contributed by atoms with Gasteiger partial charge < -0.3 is 5.32 Å². The van der Waals surface area contributed by atoms with Crippen LogP contribution < -0.4 is 5.32 Å². The lowest BCUT2D eigenvalue weighted by Crippen LogP contribution is -2.47. The van der Waals surface area contributed by atoms with Gasteiger partial charge in [-0.2, -0.15) is 5.10 Å². The van der Waals surface area contributed by atoms with Crippen LogP contribution >= 0.6 is 0 Å². The summed E-state index contributed by atoms with van der Waals surface area (Å²) in [5.74, 6) is -2.74. The maximum atomic E-state index is 13.8. The molecule has 2 aromatic rings. The van der Waals surface area contributed by atoms with Crippen molar-refractivity contribution in [1.82, 2.24) is 15.1 Å². The summed E-state index contributed by atoms with van der Waals surface area (Å²) in [6, 6.07) is 6.63. The van der Waals surface area contributed by atoms with Crippen molar-refractivity contribution in [3.8, 4) is 0 Å². The monoisotopic (exact) mass is 237 g/mol. The molecule has 0 saturated carbocycles. The predicted octanol–water partition coefficient (Wildman–Crippen LogP) is 2.21. The van der Waals surface area contributed by atoms with E-state index >= 15 is 0 Å². The van der Waals surface area contributed by atoms with Crippen molar-refractivity contribution in [2.24, 2.45) is 0 Å². The minimum Gasteiger partial charge on any atom is -0.311 e. The molecular weight excluding hydrogens is 224 g/mol. The predicted molar refractivity (Wildman–Crippen MR) is 61.2 cm³/mol. The van der Waals surface area contributed by atoms with E-state index in [0.29, 0.717) is 13.0 Å². The van der Waals surface area contributed by atoms with Crippen LogP contribution in [0.15, 0.2) is 30.5 Å². The summed E-state index contributed by atoms with van der Waals surface area (Å²) in [4.78, 5) is 0. The standard InChI is InChI=1S/C12H13F2N3/c13-12(14)8-15-6-5-11(12)17-7-9-3-1-2-4-10(9)16-17/h1-4,7,11,15H,5-6,8H2. The number of piperidine rings is 1. The average molecular weight is 237 g/mol. The summed E-state index contributed by atoms with van der Waals surface area (Å²) in [5, 5.41) is 7.86. The van der Waals surface area contributed by atoms with Gasteiger partial charge in [0.25, 0.3) is 5.92 Å². The van der Waals surface area contributed by atoms with Crippen molar-refractivity contribution >= 4 is 10.9 Å². The van der Waals surface area contributed by atoms with Gasteiger partial charge in [-0.15, -0.1) is 0 Å². The van der Waals surface area contributed by atoms with E-state index in [2.05, 4.69) is 10.4 Å². The largest absolute Gasteiger partial charge is 0.311 e. The molecule has 5 heteroatoms. The Morgan fingerprint density at radius 2 is 2.18 bits per heavy atom. The minimum atomic E-state index is -2.74. The molecule has 1 aliphatic rings. The second-order valence-electron chi connectivity index (χ2n) is 4.41. The Bertz CT molecular complexity index is 502. The fourth-order valence-corrected chi connectivity index (χ4v) is 2.29. The first-order chi connectivity index (χ1) is 8.17.